The number of carbonyl (C=O) groups is 2. The minimum absolute atomic E-state index is 0.107. The van der Waals surface area contributed by atoms with Gasteiger partial charge in [-0.3, -0.25) is 14.9 Å². The van der Waals surface area contributed by atoms with Crippen molar-refractivity contribution >= 4 is 44.9 Å². The molecule has 9 heteroatoms. The highest BCUT2D eigenvalue weighted by Crippen LogP contribution is 2.27. The van der Waals surface area contributed by atoms with Crippen LogP contribution in [-0.4, -0.2) is 36.5 Å². The number of nitro benzene ring substituents is 1. The van der Waals surface area contributed by atoms with E-state index < -0.39 is 23.4 Å². The lowest BCUT2D eigenvalue weighted by Gasteiger charge is -2.20. The first-order valence-electron chi connectivity index (χ1n) is 8.61. The van der Waals surface area contributed by atoms with Gasteiger partial charge in [0.15, 0.2) is 6.61 Å². The van der Waals surface area contributed by atoms with Crippen LogP contribution in [0.1, 0.15) is 24.2 Å². The van der Waals surface area contributed by atoms with Gasteiger partial charge in [-0.05, 0) is 60.1 Å². The van der Waals surface area contributed by atoms with Crippen molar-refractivity contribution in [3.8, 4) is 0 Å². The summed E-state index contributed by atoms with van der Waals surface area (Å²) in [6.07, 6.45) is 0. The molecule has 0 aromatic heterocycles. The van der Waals surface area contributed by atoms with Crippen molar-refractivity contribution < 1.29 is 19.2 Å². The topological polar surface area (TPSA) is 102 Å². The largest absolute Gasteiger partial charge is 0.452 e. The second-order valence-corrected chi connectivity index (χ2v) is 6.62. The van der Waals surface area contributed by atoms with E-state index in [0.29, 0.717) is 15.7 Å². The molecule has 0 aliphatic carbocycles. The second-order valence-electron chi connectivity index (χ2n) is 5.76. The Balaban J connectivity index is 1.92. The fourth-order valence-corrected chi connectivity index (χ4v) is 2.98. The summed E-state index contributed by atoms with van der Waals surface area (Å²) in [5.41, 5.74) is 1.59. The summed E-state index contributed by atoms with van der Waals surface area (Å²) in [6.45, 7) is 5.35. The van der Waals surface area contributed by atoms with E-state index in [2.05, 4.69) is 26.1 Å². The molecule has 28 heavy (non-hydrogen) atoms. The molecule has 0 aliphatic rings. The van der Waals surface area contributed by atoms with Crippen molar-refractivity contribution in [2.75, 3.05) is 29.9 Å². The summed E-state index contributed by atoms with van der Waals surface area (Å²) >= 11 is 3.16. The molecule has 0 radical (unpaired) electrons. The number of nitro groups is 1. The number of nitrogens with one attached hydrogen (secondary N) is 1. The average Bonchev–Trinajstić information content (AvgIpc) is 2.69. The Morgan fingerprint density at radius 2 is 1.79 bits per heavy atom. The second kappa shape index (κ2) is 9.84. The SMILES string of the molecule is CCN(CC)c1ccc(C(=O)OCC(=O)Nc2ccc([N+](=O)[O-])cc2Br)cc1. The van der Waals surface area contributed by atoms with Crippen LogP contribution < -0.4 is 10.2 Å². The van der Waals surface area contributed by atoms with E-state index >= 15 is 0 Å². The predicted molar refractivity (Wildman–Crippen MR) is 110 cm³/mol. The van der Waals surface area contributed by atoms with Crippen LogP contribution in [-0.2, 0) is 9.53 Å². The van der Waals surface area contributed by atoms with Crippen molar-refractivity contribution in [1.82, 2.24) is 0 Å². The van der Waals surface area contributed by atoms with Gasteiger partial charge in [-0.1, -0.05) is 0 Å². The normalized spacial score (nSPS) is 10.2. The maximum absolute atomic E-state index is 12.1. The summed E-state index contributed by atoms with van der Waals surface area (Å²) < 4.78 is 5.38. The van der Waals surface area contributed by atoms with Crippen LogP contribution in [0.4, 0.5) is 17.1 Å². The molecule has 0 heterocycles. The number of hydrogen-bond acceptors (Lipinski definition) is 6. The molecule has 0 fully saturated rings. The Morgan fingerprint density at radius 3 is 2.32 bits per heavy atom. The average molecular weight is 450 g/mol. The van der Waals surface area contributed by atoms with Crippen LogP contribution in [0.5, 0.6) is 0 Å². The number of amides is 1. The number of esters is 1. The molecule has 0 unspecified atom stereocenters. The first kappa shape index (κ1) is 21.4. The minimum atomic E-state index is -0.607. The summed E-state index contributed by atoms with van der Waals surface area (Å²) in [5, 5.41) is 13.3. The molecule has 0 spiro atoms. The van der Waals surface area contributed by atoms with Crippen LogP contribution in [0.2, 0.25) is 0 Å². The zero-order valence-electron chi connectivity index (χ0n) is 15.5. The maximum Gasteiger partial charge on any atom is 0.338 e. The van der Waals surface area contributed by atoms with Gasteiger partial charge in [-0.2, -0.15) is 0 Å². The van der Waals surface area contributed by atoms with Crippen molar-refractivity contribution in [2.24, 2.45) is 0 Å². The van der Waals surface area contributed by atoms with Crippen LogP contribution >= 0.6 is 15.9 Å². The van der Waals surface area contributed by atoms with E-state index in [4.69, 9.17) is 4.74 Å². The van der Waals surface area contributed by atoms with Gasteiger partial charge in [0.2, 0.25) is 0 Å². The number of rotatable bonds is 8. The lowest BCUT2D eigenvalue weighted by atomic mass is 10.2. The van der Waals surface area contributed by atoms with Gasteiger partial charge in [0, 0.05) is 35.4 Å². The van der Waals surface area contributed by atoms with E-state index in [9.17, 15) is 19.7 Å². The standard InChI is InChI=1S/C19H20BrN3O5/c1-3-22(4-2)14-7-5-13(6-8-14)19(25)28-12-18(24)21-17-10-9-15(23(26)27)11-16(17)20/h5-11H,3-4,12H2,1-2H3,(H,21,24). The van der Waals surface area contributed by atoms with Crippen molar-refractivity contribution in [2.45, 2.75) is 13.8 Å². The number of anilines is 2. The number of carbonyl (C=O) groups excluding carboxylic acids is 2. The van der Waals surface area contributed by atoms with Crippen LogP contribution in [0, 0.1) is 10.1 Å². The Morgan fingerprint density at radius 1 is 1.14 bits per heavy atom. The third-order valence-electron chi connectivity index (χ3n) is 4.00. The third kappa shape index (κ3) is 5.53. The van der Waals surface area contributed by atoms with Gasteiger partial charge < -0.3 is 15.0 Å². The zero-order chi connectivity index (χ0) is 20.7. The first-order chi connectivity index (χ1) is 13.3. The quantitative estimate of drug-likeness (QED) is 0.371. The fourth-order valence-electron chi connectivity index (χ4n) is 2.52. The van der Waals surface area contributed by atoms with E-state index in [1.165, 1.54) is 18.2 Å². The molecule has 1 N–H and O–H groups in total. The lowest BCUT2D eigenvalue weighted by molar-refractivity contribution is -0.384. The summed E-state index contributed by atoms with van der Waals surface area (Å²) in [7, 11) is 0. The van der Waals surface area contributed by atoms with Crippen LogP contribution in [0.15, 0.2) is 46.9 Å². The molecule has 2 aromatic rings. The molecule has 2 rings (SSSR count). The number of benzene rings is 2. The smallest absolute Gasteiger partial charge is 0.338 e. The van der Waals surface area contributed by atoms with Crippen LogP contribution in [0.25, 0.3) is 0 Å². The van der Waals surface area contributed by atoms with E-state index in [1.807, 2.05) is 26.0 Å². The van der Waals surface area contributed by atoms with E-state index in [0.717, 1.165) is 18.8 Å². The van der Waals surface area contributed by atoms with Gasteiger partial charge in [-0.25, -0.2) is 4.79 Å². The van der Waals surface area contributed by atoms with Crippen molar-refractivity contribution in [3.05, 3.63) is 62.6 Å². The Labute approximate surface area is 170 Å². The highest BCUT2D eigenvalue weighted by molar-refractivity contribution is 9.10. The third-order valence-corrected chi connectivity index (χ3v) is 4.66. The molecule has 8 nitrogen and oxygen atoms in total. The molecule has 0 saturated carbocycles. The Bertz CT molecular complexity index is 866. The van der Waals surface area contributed by atoms with Gasteiger partial charge in [0.1, 0.15) is 0 Å². The molecule has 148 valence electrons. The molecule has 0 aliphatic heterocycles. The summed E-state index contributed by atoms with van der Waals surface area (Å²) in [4.78, 5) is 36.4. The molecule has 2 aromatic carbocycles. The Hall–Kier alpha value is -2.94. The van der Waals surface area contributed by atoms with Gasteiger partial charge in [-0.15, -0.1) is 0 Å². The van der Waals surface area contributed by atoms with Gasteiger partial charge in [0.25, 0.3) is 11.6 Å². The van der Waals surface area contributed by atoms with E-state index in [-0.39, 0.29) is 5.69 Å². The van der Waals surface area contributed by atoms with Gasteiger partial charge >= 0.3 is 5.97 Å². The molecule has 0 bridgehead atoms. The fraction of sp³-hybridized carbons (Fsp3) is 0.263. The molecule has 0 saturated heterocycles. The predicted octanol–water partition coefficient (Wildman–Crippen LogP) is 4.00. The summed E-state index contributed by atoms with van der Waals surface area (Å²) in [6, 6.07) is 10.9. The highest BCUT2D eigenvalue weighted by Gasteiger charge is 2.14. The van der Waals surface area contributed by atoms with E-state index in [1.54, 1.807) is 12.1 Å². The summed E-state index contributed by atoms with van der Waals surface area (Å²) in [5.74, 6) is -1.16. The number of hydrogen-bond donors (Lipinski definition) is 1. The number of halogens is 1. The van der Waals surface area contributed by atoms with Gasteiger partial charge in [0.05, 0.1) is 16.2 Å². The highest BCUT2D eigenvalue weighted by atomic mass is 79.9. The van der Waals surface area contributed by atoms with Crippen LogP contribution in [0.3, 0.4) is 0 Å². The number of ether oxygens (including phenoxy) is 1. The van der Waals surface area contributed by atoms with Crippen molar-refractivity contribution in [1.29, 1.82) is 0 Å². The number of nitrogens with zero attached hydrogens (tertiary/aromatic N) is 2. The number of non-ortho nitro benzene ring substituents is 1. The lowest BCUT2D eigenvalue weighted by Crippen LogP contribution is -2.22. The maximum atomic E-state index is 12.1. The molecule has 1 amide bonds. The molecular weight excluding hydrogens is 430 g/mol. The molecular formula is C19H20BrN3O5. The monoisotopic (exact) mass is 449 g/mol. The van der Waals surface area contributed by atoms with Crippen molar-refractivity contribution in [3.63, 3.8) is 0 Å². The Kier molecular flexibility index (Phi) is 7.51. The minimum Gasteiger partial charge on any atom is -0.452 e. The molecule has 0 atom stereocenters. The first-order valence-corrected chi connectivity index (χ1v) is 9.41. The zero-order valence-corrected chi connectivity index (χ0v) is 17.1.